The van der Waals surface area contributed by atoms with Crippen LogP contribution in [0.4, 0.5) is 0 Å². The van der Waals surface area contributed by atoms with Crippen LogP contribution in [0.2, 0.25) is 0 Å². The quantitative estimate of drug-likeness (QED) is 0.792. The van der Waals surface area contributed by atoms with E-state index in [1.54, 1.807) is 0 Å². The van der Waals surface area contributed by atoms with E-state index in [2.05, 4.69) is 22.0 Å². The Hall–Kier alpha value is -0.120. The molecule has 1 saturated heterocycles. The summed E-state index contributed by atoms with van der Waals surface area (Å²) in [5.74, 6) is 0.946. The Balaban J connectivity index is 1.45. The molecule has 0 bridgehead atoms. The molecule has 0 amide bonds. The first-order valence-corrected chi connectivity index (χ1v) is 8.56. The fraction of sp³-hybridized carbons (Fsp3) is 1.00. The molecular formula is C16H31N3. The predicted octanol–water partition coefficient (Wildman–Crippen LogP) is 1.93. The molecule has 0 radical (unpaired) electrons. The zero-order valence-corrected chi connectivity index (χ0v) is 12.6. The lowest BCUT2D eigenvalue weighted by Gasteiger charge is -2.38. The Labute approximate surface area is 118 Å². The fourth-order valence-corrected chi connectivity index (χ4v) is 4.03. The highest BCUT2D eigenvalue weighted by Crippen LogP contribution is 2.29. The molecule has 2 aliphatic carbocycles. The largest absolute Gasteiger partial charge is 0.313 e. The van der Waals surface area contributed by atoms with Crippen molar-refractivity contribution in [1.82, 2.24) is 15.1 Å². The molecule has 1 N–H and O–H groups in total. The first kappa shape index (κ1) is 13.8. The molecule has 19 heavy (non-hydrogen) atoms. The predicted molar refractivity (Wildman–Crippen MR) is 80.5 cm³/mol. The molecule has 1 heterocycles. The summed E-state index contributed by atoms with van der Waals surface area (Å²) in [5.41, 5.74) is 0. The van der Waals surface area contributed by atoms with Crippen molar-refractivity contribution >= 4 is 0 Å². The van der Waals surface area contributed by atoms with E-state index in [1.807, 2.05) is 0 Å². The van der Waals surface area contributed by atoms with E-state index in [0.29, 0.717) is 0 Å². The minimum Gasteiger partial charge on any atom is -0.313 e. The number of nitrogens with zero attached hydrogens (tertiary/aromatic N) is 2. The molecule has 3 aliphatic rings. The van der Waals surface area contributed by atoms with Crippen molar-refractivity contribution in [3.63, 3.8) is 0 Å². The molecule has 3 fully saturated rings. The Morgan fingerprint density at radius 2 is 1.68 bits per heavy atom. The van der Waals surface area contributed by atoms with E-state index in [4.69, 9.17) is 0 Å². The van der Waals surface area contributed by atoms with Gasteiger partial charge in [0.05, 0.1) is 0 Å². The van der Waals surface area contributed by atoms with Gasteiger partial charge in [0.25, 0.3) is 0 Å². The second-order valence-corrected chi connectivity index (χ2v) is 6.78. The lowest BCUT2D eigenvalue weighted by molar-refractivity contribution is 0.109. The maximum Gasteiger partial charge on any atom is 0.0223 e. The molecular weight excluding hydrogens is 234 g/mol. The highest BCUT2D eigenvalue weighted by atomic mass is 15.3. The minimum absolute atomic E-state index is 0.750. The smallest absolute Gasteiger partial charge is 0.0223 e. The molecule has 0 aromatic carbocycles. The van der Waals surface area contributed by atoms with Crippen LogP contribution in [0.25, 0.3) is 0 Å². The molecule has 3 rings (SSSR count). The van der Waals surface area contributed by atoms with Crippen LogP contribution in [0.3, 0.4) is 0 Å². The van der Waals surface area contributed by atoms with E-state index in [0.717, 1.165) is 24.5 Å². The molecule has 2 saturated carbocycles. The van der Waals surface area contributed by atoms with Crippen LogP contribution in [0.1, 0.15) is 45.4 Å². The summed E-state index contributed by atoms with van der Waals surface area (Å²) in [6.45, 7) is 9.89. The lowest BCUT2D eigenvalue weighted by atomic mass is 9.97. The van der Waals surface area contributed by atoms with Gasteiger partial charge in [-0.1, -0.05) is 19.8 Å². The molecule has 1 unspecified atom stereocenters. The van der Waals surface area contributed by atoms with Crippen molar-refractivity contribution in [2.24, 2.45) is 5.92 Å². The SMILES string of the molecule is CCNC(CN1CCN(C2CC2)CC1)C1CCCC1. The summed E-state index contributed by atoms with van der Waals surface area (Å²) in [6, 6.07) is 1.71. The summed E-state index contributed by atoms with van der Waals surface area (Å²) >= 11 is 0. The second-order valence-electron chi connectivity index (χ2n) is 6.78. The summed E-state index contributed by atoms with van der Waals surface area (Å²) in [5, 5.41) is 3.76. The van der Waals surface area contributed by atoms with Crippen LogP contribution in [-0.4, -0.2) is 61.2 Å². The van der Waals surface area contributed by atoms with Gasteiger partial charge in [0.2, 0.25) is 0 Å². The molecule has 1 atom stereocenters. The van der Waals surface area contributed by atoms with Crippen LogP contribution in [0.5, 0.6) is 0 Å². The van der Waals surface area contributed by atoms with E-state index >= 15 is 0 Å². The first-order chi connectivity index (χ1) is 9.36. The van der Waals surface area contributed by atoms with Crippen LogP contribution < -0.4 is 5.32 Å². The highest BCUT2D eigenvalue weighted by Gasteiger charge is 2.32. The number of nitrogens with one attached hydrogen (secondary N) is 1. The zero-order valence-electron chi connectivity index (χ0n) is 12.6. The molecule has 110 valence electrons. The van der Waals surface area contributed by atoms with Crippen molar-refractivity contribution < 1.29 is 0 Å². The van der Waals surface area contributed by atoms with Crippen molar-refractivity contribution in [1.29, 1.82) is 0 Å². The Morgan fingerprint density at radius 1 is 1.00 bits per heavy atom. The van der Waals surface area contributed by atoms with E-state index in [9.17, 15) is 0 Å². The number of piperazine rings is 1. The van der Waals surface area contributed by atoms with E-state index in [1.165, 1.54) is 71.2 Å². The fourth-order valence-electron chi connectivity index (χ4n) is 4.03. The van der Waals surface area contributed by atoms with E-state index < -0.39 is 0 Å². The Morgan fingerprint density at radius 3 is 2.26 bits per heavy atom. The molecule has 3 nitrogen and oxygen atoms in total. The van der Waals surface area contributed by atoms with Crippen LogP contribution >= 0.6 is 0 Å². The summed E-state index contributed by atoms with van der Waals surface area (Å²) < 4.78 is 0. The van der Waals surface area contributed by atoms with E-state index in [-0.39, 0.29) is 0 Å². The topological polar surface area (TPSA) is 18.5 Å². The third-order valence-corrected chi connectivity index (χ3v) is 5.36. The van der Waals surface area contributed by atoms with Gasteiger partial charge in [-0.15, -0.1) is 0 Å². The van der Waals surface area contributed by atoms with Gasteiger partial charge in [0.15, 0.2) is 0 Å². The Bertz CT molecular complexity index is 263. The average Bonchev–Trinajstić information content (AvgIpc) is 3.14. The van der Waals surface area contributed by atoms with Gasteiger partial charge in [-0.3, -0.25) is 9.80 Å². The third kappa shape index (κ3) is 3.71. The van der Waals surface area contributed by atoms with Gasteiger partial charge in [-0.2, -0.15) is 0 Å². The van der Waals surface area contributed by atoms with Crippen molar-refractivity contribution in [3.8, 4) is 0 Å². The standard InChI is InChI=1S/C16H31N3/c1-2-17-16(14-5-3-4-6-14)13-18-9-11-19(12-10-18)15-7-8-15/h14-17H,2-13H2,1H3. The summed E-state index contributed by atoms with van der Waals surface area (Å²) in [4.78, 5) is 5.43. The van der Waals surface area contributed by atoms with Crippen molar-refractivity contribution in [2.75, 3.05) is 39.3 Å². The van der Waals surface area contributed by atoms with Crippen LogP contribution in [0.15, 0.2) is 0 Å². The molecule has 1 aliphatic heterocycles. The maximum absolute atomic E-state index is 3.76. The van der Waals surface area contributed by atoms with Crippen LogP contribution in [-0.2, 0) is 0 Å². The number of hydrogen-bond donors (Lipinski definition) is 1. The van der Waals surface area contributed by atoms with Crippen LogP contribution in [0, 0.1) is 5.92 Å². The number of hydrogen-bond acceptors (Lipinski definition) is 3. The van der Waals surface area contributed by atoms with Crippen molar-refractivity contribution in [2.45, 2.75) is 57.5 Å². The van der Waals surface area contributed by atoms with Gasteiger partial charge in [0.1, 0.15) is 0 Å². The molecule has 3 heteroatoms. The molecule has 0 aromatic rings. The normalized spacial score (nSPS) is 28.9. The van der Waals surface area contributed by atoms with Gasteiger partial charge in [-0.05, 0) is 38.1 Å². The summed E-state index contributed by atoms with van der Waals surface area (Å²) in [6.07, 6.45) is 8.76. The van der Waals surface area contributed by atoms with Gasteiger partial charge >= 0.3 is 0 Å². The highest BCUT2D eigenvalue weighted by molar-refractivity contribution is 4.89. The maximum atomic E-state index is 3.76. The second kappa shape index (κ2) is 6.55. The van der Waals surface area contributed by atoms with Gasteiger partial charge < -0.3 is 5.32 Å². The summed E-state index contributed by atoms with van der Waals surface area (Å²) in [7, 11) is 0. The Kier molecular flexibility index (Phi) is 4.78. The monoisotopic (exact) mass is 265 g/mol. The zero-order chi connectivity index (χ0) is 13.1. The average molecular weight is 265 g/mol. The van der Waals surface area contributed by atoms with Gasteiger partial charge in [-0.25, -0.2) is 0 Å². The number of rotatable bonds is 6. The minimum atomic E-state index is 0.750. The van der Waals surface area contributed by atoms with Crippen molar-refractivity contribution in [3.05, 3.63) is 0 Å². The lowest BCUT2D eigenvalue weighted by Crippen LogP contribution is -2.52. The van der Waals surface area contributed by atoms with Gasteiger partial charge in [0, 0.05) is 44.8 Å². The third-order valence-electron chi connectivity index (χ3n) is 5.36. The molecule has 0 spiro atoms. The number of likely N-dealkylation sites (N-methyl/N-ethyl adjacent to an activating group) is 1. The first-order valence-electron chi connectivity index (χ1n) is 8.56. The molecule has 0 aromatic heterocycles.